The zero-order valence-electron chi connectivity index (χ0n) is 11.9. The fourth-order valence-electron chi connectivity index (χ4n) is 1.94. The first-order valence-corrected chi connectivity index (χ1v) is 6.20. The number of nitrogens with one attached hydrogen (secondary N) is 1. The molecule has 0 amide bonds. The van der Waals surface area contributed by atoms with E-state index in [2.05, 4.69) is 5.32 Å². The van der Waals surface area contributed by atoms with Gasteiger partial charge in [-0.3, -0.25) is 0 Å². The Balaban J connectivity index is 3.11. The smallest absolute Gasteiger partial charge is 0.379 e. The average Bonchev–Trinajstić information content (AvgIpc) is 2.35. The Morgan fingerprint density at radius 1 is 1.25 bits per heavy atom. The molecule has 20 heavy (non-hydrogen) atoms. The Morgan fingerprint density at radius 2 is 1.85 bits per heavy atom. The van der Waals surface area contributed by atoms with Crippen LogP contribution in [0.15, 0.2) is 18.2 Å². The molecule has 0 aliphatic carbocycles. The van der Waals surface area contributed by atoms with Crippen molar-refractivity contribution in [3.8, 4) is 0 Å². The molecular formula is C14H19F4NO. The Labute approximate surface area is 116 Å². The van der Waals surface area contributed by atoms with Crippen molar-refractivity contribution in [3.63, 3.8) is 0 Å². The molecule has 1 aromatic carbocycles. The summed E-state index contributed by atoms with van der Waals surface area (Å²) >= 11 is 0. The highest BCUT2D eigenvalue weighted by molar-refractivity contribution is 5.29. The number of rotatable bonds is 5. The molecule has 0 bridgehead atoms. The molecule has 1 unspecified atom stereocenters. The zero-order valence-corrected chi connectivity index (χ0v) is 11.9. The van der Waals surface area contributed by atoms with Crippen molar-refractivity contribution in [3.05, 3.63) is 35.1 Å². The van der Waals surface area contributed by atoms with Gasteiger partial charge in [-0.2, -0.15) is 13.2 Å². The predicted octanol–water partition coefficient (Wildman–Crippen LogP) is 3.92. The number of benzene rings is 1. The molecular weight excluding hydrogens is 274 g/mol. The van der Waals surface area contributed by atoms with E-state index >= 15 is 0 Å². The third-order valence-electron chi connectivity index (χ3n) is 3.29. The molecule has 0 fully saturated rings. The zero-order chi connectivity index (χ0) is 15.6. The third kappa shape index (κ3) is 4.18. The van der Waals surface area contributed by atoms with E-state index in [4.69, 9.17) is 4.74 Å². The Bertz CT molecular complexity index is 457. The van der Waals surface area contributed by atoms with E-state index in [1.165, 1.54) is 6.07 Å². The van der Waals surface area contributed by atoms with E-state index < -0.39 is 23.2 Å². The van der Waals surface area contributed by atoms with Gasteiger partial charge in [0.15, 0.2) is 0 Å². The van der Waals surface area contributed by atoms with Crippen LogP contribution in [0.2, 0.25) is 0 Å². The average molecular weight is 293 g/mol. The summed E-state index contributed by atoms with van der Waals surface area (Å²) in [6.45, 7) is 3.68. The van der Waals surface area contributed by atoms with Gasteiger partial charge in [-0.1, -0.05) is 6.07 Å². The predicted molar refractivity (Wildman–Crippen MR) is 68.9 cm³/mol. The second-order valence-corrected chi connectivity index (χ2v) is 5.25. The van der Waals surface area contributed by atoms with E-state index in [9.17, 15) is 17.6 Å². The minimum atomic E-state index is -4.70. The van der Waals surface area contributed by atoms with Crippen LogP contribution in [-0.4, -0.2) is 19.8 Å². The molecule has 114 valence electrons. The van der Waals surface area contributed by atoms with Crippen LogP contribution >= 0.6 is 0 Å². The van der Waals surface area contributed by atoms with Gasteiger partial charge in [-0.05, 0) is 45.0 Å². The fraction of sp³-hybridized carbons (Fsp3) is 0.571. The first-order valence-electron chi connectivity index (χ1n) is 6.20. The monoisotopic (exact) mass is 293 g/mol. The maximum absolute atomic E-state index is 13.3. The molecule has 0 heterocycles. The topological polar surface area (TPSA) is 21.3 Å². The van der Waals surface area contributed by atoms with E-state index in [-0.39, 0.29) is 6.04 Å². The van der Waals surface area contributed by atoms with Gasteiger partial charge in [0, 0.05) is 13.2 Å². The van der Waals surface area contributed by atoms with Gasteiger partial charge in [0.2, 0.25) is 0 Å². The van der Waals surface area contributed by atoms with Crippen molar-refractivity contribution in [2.24, 2.45) is 0 Å². The van der Waals surface area contributed by atoms with Gasteiger partial charge in [0.25, 0.3) is 0 Å². The molecule has 6 heteroatoms. The number of alkyl halides is 3. The molecule has 0 aliphatic rings. The second kappa shape index (κ2) is 6.10. The number of methoxy groups -OCH3 is 1. The van der Waals surface area contributed by atoms with Crippen LogP contribution in [0.5, 0.6) is 0 Å². The molecule has 1 rings (SSSR count). The molecule has 0 saturated heterocycles. The van der Waals surface area contributed by atoms with Crippen LogP contribution in [0.25, 0.3) is 0 Å². The molecule has 1 aromatic rings. The number of ether oxygens (including phenoxy) is 1. The molecule has 0 radical (unpaired) electrons. The first kappa shape index (κ1) is 16.9. The Morgan fingerprint density at radius 3 is 2.30 bits per heavy atom. The highest BCUT2D eigenvalue weighted by Crippen LogP contribution is 2.34. The van der Waals surface area contributed by atoms with Gasteiger partial charge in [0.1, 0.15) is 5.82 Å². The lowest BCUT2D eigenvalue weighted by molar-refractivity contribution is -0.140. The van der Waals surface area contributed by atoms with E-state index in [0.29, 0.717) is 12.0 Å². The van der Waals surface area contributed by atoms with Crippen LogP contribution in [0.4, 0.5) is 17.6 Å². The quantitative estimate of drug-likeness (QED) is 0.831. The molecule has 1 N–H and O–H groups in total. The first-order chi connectivity index (χ1) is 9.10. The SMILES string of the molecule is CNC(CC(C)(C)OC)c1ccc(F)c(C(F)(F)F)c1. The lowest BCUT2D eigenvalue weighted by Gasteiger charge is -2.29. The fourth-order valence-corrected chi connectivity index (χ4v) is 1.94. The van der Waals surface area contributed by atoms with Gasteiger partial charge in [-0.15, -0.1) is 0 Å². The summed E-state index contributed by atoms with van der Waals surface area (Å²) in [5.41, 5.74) is -1.36. The maximum atomic E-state index is 13.3. The number of hydrogen-bond donors (Lipinski definition) is 1. The van der Waals surface area contributed by atoms with Crippen molar-refractivity contribution >= 4 is 0 Å². The maximum Gasteiger partial charge on any atom is 0.419 e. The molecule has 2 nitrogen and oxygen atoms in total. The Kier molecular flexibility index (Phi) is 5.15. The Hall–Kier alpha value is -1.14. The van der Waals surface area contributed by atoms with Crippen molar-refractivity contribution in [1.82, 2.24) is 5.32 Å². The molecule has 0 saturated carbocycles. The summed E-state index contributed by atoms with van der Waals surface area (Å²) in [6, 6.07) is 2.70. The van der Waals surface area contributed by atoms with Crippen LogP contribution in [0.3, 0.4) is 0 Å². The lowest BCUT2D eigenvalue weighted by atomic mass is 9.92. The van der Waals surface area contributed by atoms with E-state index in [0.717, 1.165) is 12.1 Å². The van der Waals surface area contributed by atoms with Crippen LogP contribution < -0.4 is 5.32 Å². The normalized spacial score (nSPS) is 14.4. The summed E-state index contributed by atoms with van der Waals surface area (Å²) < 4.78 is 56.7. The highest BCUT2D eigenvalue weighted by Gasteiger charge is 2.35. The number of hydrogen-bond acceptors (Lipinski definition) is 2. The van der Waals surface area contributed by atoms with Crippen LogP contribution in [-0.2, 0) is 10.9 Å². The van der Waals surface area contributed by atoms with Crippen LogP contribution in [0.1, 0.15) is 37.4 Å². The molecule has 0 aliphatic heterocycles. The van der Waals surface area contributed by atoms with Crippen molar-refractivity contribution < 1.29 is 22.3 Å². The van der Waals surface area contributed by atoms with E-state index in [1.807, 2.05) is 13.8 Å². The van der Waals surface area contributed by atoms with Crippen molar-refractivity contribution in [2.45, 2.75) is 38.1 Å². The molecule has 0 spiro atoms. The summed E-state index contributed by atoms with van der Waals surface area (Å²) in [5, 5.41) is 2.94. The summed E-state index contributed by atoms with van der Waals surface area (Å²) in [4.78, 5) is 0. The van der Waals surface area contributed by atoms with Crippen molar-refractivity contribution in [2.75, 3.05) is 14.2 Å². The molecule has 1 atom stereocenters. The minimum Gasteiger partial charge on any atom is -0.379 e. The van der Waals surface area contributed by atoms with Crippen LogP contribution in [0, 0.1) is 5.82 Å². The summed E-state index contributed by atoms with van der Waals surface area (Å²) in [7, 11) is 3.19. The molecule has 0 aromatic heterocycles. The third-order valence-corrected chi connectivity index (χ3v) is 3.29. The summed E-state index contributed by atoms with van der Waals surface area (Å²) in [6.07, 6.45) is -4.24. The van der Waals surface area contributed by atoms with Gasteiger partial charge >= 0.3 is 6.18 Å². The second-order valence-electron chi connectivity index (χ2n) is 5.25. The van der Waals surface area contributed by atoms with Gasteiger partial charge in [0.05, 0.1) is 11.2 Å². The standard InChI is InChI=1S/C14H19F4NO/c1-13(2,20-4)8-12(19-3)9-5-6-11(15)10(7-9)14(16,17)18/h5-7,12,19H,8H2,1-4H3. The largest absolute Gasteiger partial charge is 0.419 e. The van der Waals surface area contributed by atoms with Gasteiger partial charge < -0.3 is 10.1 Å². The van der Waals surface area contributed by atoms with E-state index in [1.54, 1.807) is 14.2 Å². The minimum absolute atomic E-state index is 0.355. The van der Waals surface area contributed by atoms with Gasteiger partial charge in [-0.25, -0.2) is 4.39 Å². The van der Waals surface area contributed by atoms with Crippen molar-refractivity contribution in [1.29, 1.82) is 0 Å². The highest BCUT2D eigenvalue weighted by atomic mass is 19.4. The lowest BCUT2D eigenvalue weighted by Crippen LogP contribution is -2.30. The number of halogens is 4. The summed E-state index contributed by atoms with van der Waals surface area (Å²) in [5.74, 6) is -1.26.